The number of carbonyl (C=O) groups is 1. The molecule has 9 heteroatoms. The third kappa shape index (κ3) is 5.43. The van der Waals surface area contributed by atoms with Crippen LogP contribution in [0.2, 0.25) is 0 Å². The first-order chi connectivity index (χ1) is 15.8. The molecule has 3 aromatic rings. The Bertz CT molecular complexity index is 1110. The lowest BCUT2D eigenvalue weighted by atomic mass is 9.94. The molecular formula is C24H25F3N4O2. The summed E-state index contributed by atoms with van der Waals surface area (Å²) >= 11 is 0. The minimum absolute atomic E-state index is 0.00520. The minimum atomic E-state index is -4.70. The van der Waals surface area contributed by atoms with Crippen molar-refractivity contribution in [1.82, 2.24) is 15.2 Å². The van der Waals surface area contributed by atoms with Crippen LogP contribution in [0.5, 0.6) is 0 Å². The Kier molecular flexibility index (Phi) is 6.80. The molecule has 1 saturated heterocycles. The van der Waals surface area contributed by atoms with Crippen LogP contribution in [0.3, 0.4) is 0 Å². The van der Waals surface area contributed by atoms with E-state index in [1.54, 1.807) is 25.3 Å². The third-order valence-corrected chi connectivity index (χ3v) is 5.79. The summed E-state index contributed by atoms with van der Waals surface area (Å²) in [5.41, 5.74) is -0.219. The van der Waals surface area contributed by atoms with Crippen LogP contribution < -0.4 is 10.6 Å². The molecule has 33 heavy (non-hydrogen) atoms. The molecule has 1 fully saturated rings. The van der Waals surface area contributed by atoms with Gasteiger partial charge in [0.1, 0.15) is 0 Å². The minimum Gasteiger partial charge on any atom is -0.383 e. The molecule has 0 spiro atoms. The number of urea groups is 1. The number of carbonyl (C=O) groups excluding carboxylic acids is 1. The highest BCUT2D eigenvalue weighted by Crippen LogP contribution is 2.35. The Morgan fingerprint density at radius 2 is 1.85 bits per heavy atom. The lowest BCUT2D eigenvalue weighted by Gasteiger charge is -2.21. The zero-order valence-electron chi connectivity index (χ0n) is 18.1. The smallest absolute Gasteiger partial charge is 0.383 e. The van der Waals surface area contributed by atoms with Crippen molar-refractivity contribution in [2.45, 2.75) is 18.1 Å². The lowest BCUT2D eigenvalue weighted by molar-refractivity contribution is -0.140. The second kappa shape index (κ2) is 9.76. The molecule has 0 bridgehead atoms. The van der Waals surface area contributed by atoms with Crippen LogP contribution in [0.15, 0.2) is 60.7 Å². The Balaban J connectivity index is 1.55. The van der Waals surface area contributed by atoms with Crippen LogP contribution in [0.4, 0.5) is 23.7 Å². The number of fused-ring (bicyclic) bond motifs is 1. The fourth-order valence-electron chi connectivity index (χ4n) is 4.23. The number of aromatic nitrogens is 1. The number of para-hydroxylation sites is 1. The molecule has 6 nitrogen and oxygen atoms in total. The molecule has 0 saturated carbocycles. The molecule has 0 aliphatic carbocycles. The molecule has 1 aliphatic heterocycles. The van der Waals surface area contributed by atoms with Crippen molar-refractivity contribution >= 4 is 22.6 Å². The van der Waals surface area contributed by atoms with Crippen LogP contribution in [0.1, 0.15) is 17.2 Å². The molecule has 2 N–H and O–H groups in total. The van der Waals surface area contributed by atoms with E-state index in [1.165, 1.54) is 12.1 Å². The maximum atomic E-state index is 13.6. The van der Waals surface area contributed by atoms with Gasteiger partial charge < -0.3 is 15.4 Å². The van der Waals surface area contributed by atoms with E-state index in [0.29, 0.717) is 31.6 Å². The fourth-order valence-corrected chi connectivity index (χ4v) is 4.23. The first kappa shape index (κ1) is 23.0. The average molecular weight is 458 g/mol. The van der Waals surface area contributed by atoms with Gasteiger partial charge in [-0.05, 0) is 17.7 Å². The van der Waals surface area contributed by atoms with E-state index in [9.17, 15) is 18.0 Å². The summed E-state index contributed by atoms with van der Waals surface area (Å²) in [4.78, 5) is 18.7. The number of anilines is 1. The number of likely N-dealkylation sites (tertiary alicyclic amines) is 1. The van der Waals surface area contributed by atoms with Crippen LogP contribution in [0.25, 0.3) is 10.9 Å². The Labute approximate surface area is 189 Å². The summed E-state index contributed by atoms with van der Waals surface area (Å²) in [5.74, 6) is 0.00520. The number of rotatable bonds is 6. The van der Waals surface area contributed by atoms with Crippen molar-refractivity contribution in [3.05, 3.63) is 71.9 Å². The number of halogens is 3. The first-order valence-corrected chi connectivity index (χ1v) is 10.7. The second-order valence-corrected chi connectivity index (χ2v) is 8.05. The monoisotopic (exact) mass is 458 g/mol. The van der Waals surface area contributed by atoms with Gasteiger partial charge in [0.15, 0.2) is 5.69 Å². The van der Waals surface area contributed by atoms with Crippen molar-refractivity contribution < 1.29 is 22.7 Å². The Morgan fingerprint density at radius 1 is 1.12 bits per heavy atom. The third-order valence-electron chi connectivity index (χ3n) is 5.79. The summed E-state index contributed by atoms with van der Waals surface area (Å²) in [6.45, 7) is 2.53. The van der Waals surface area contributed by atoms with Crippen LogP contribution in [0, 0.1) is 0 Å². The Morgan fingerprint density at radius 3 is 2.58 bits per heavy atom. The molecule has 2 atom stereocenters. The number of hydrogen-bond acceptors (Lipinski definition) is 4. The van der Waals surface area contributed by atoms with Gasteiger partial charge in [-0.1, -0.05) is 48.5 Å². The molecule has 0 unspecified atom stereocenters. The summed E-state index contributed by atoms with van der Waals surface area (Å²) in [7, 11) is 1.63. The van der Waals surface area contributed by atoms with E-state index >= 15 is 0 Å². The van der Waals surface area contributed by atoms with Gasteiger partial charge >= 0.3 is 12.2 Å². The number of methoxy groups -OCH3 is 1. The Hall–Kier alpha value is -3.17. The number of alkyl halides is 3. The molecular weight excluding hydrogens is 433 g/mol. The second-order valence-electron chi connectivity index (χ2n) is 8.05. The average Bonchev–Trinajstić information content (AvgIpc) is 3.19. The van der Waals surface area contributed by atoms with E-state index < -0.39 is 17.9 Å². The maximum Gasteiger partial charge on any atom is 0.435 e. The van der Waals surface area contributed by atoms with Crippen LogP contribution in [-0.4, -0.2) is 55.3 Å². The van der Waals surface area contributed by atoms with Crippen molar-refractivity contribution in [1.29, 1.82) is 0 Å². The quantitative estimate of drug-likeness (QED) is 0.571. The van der Waals surface area contributed by atoms with Crippen LogP contribution >= 0.6 is 0 Å². The van der Waals surface area contributed by atoms with Crippen molar-refractivity contribution in [2.24, 2.45) is 0 Å². The highest BCUT2D eigenvalue weighted by molar-refractivity contribution is 5.93. The number of pyridine rings is 1. The largest absolute Gasteiger partial charge is 0.435 e. The number of benzene rings is 2. The lowest BCUT2D eigenvalue weighted by Crippen LogP contribution is -2.42. The highest BCUT2D eigenvalue weighted by atomic mass is 19.4. The molecule has 1 aliphatic rings. The number of amides is 2. The van der Waals surface area contributed by atoms with Gasteiger partial charge in [0, 0.05) is 38.0 Å². The number of hydrogen-bond donors (Lipinski definition) is 2. The van der Waals surface area contributed by atoms with E-state index in [4.69, 9.17) is 4.74 Å². The van der Waals surface area contributed by atoms with E-state index in [2.05, 4.69) is 20.5 Å². The zero-order valence-corrected chi connectivity index (χ0v) is 18.1. The molecule has 0 radical (unpaired) electrons. The number of ether oxygens (including phenoxy) is 1. The predicted octanol–water partition coefficient (Wildman–Crippen LogP) is 4.49. The van der Waals surface area contributed by atoms with Crippen molar-refractivity contribution in [2.75, 3.05) is 38.7 Å². The van der Waals surface area contributed by atoms with Gasteiger partial charge in [0.25, 0.3) is 0 Å². The van der Waals surface area contributed by atoms with Gasteiger partial charge in [-0.25, -0.2) is 9.78 Å². The summed E-state index contributed by atoms with van der Waals surface area (Å²) in [6, 6.07) is 16.6. The fraction of sp³-hybridized carbons (Fsp3) is 0.333. The van der Waals surface area contributed by atoms with Crippen molar-refractivity contribution in [3.63, 3.8) is 0 Å². The molecule has 2 aromatic carbocycles. The van der Waals surface area contributed by atoms with Gasteiger partial charge in [0.2, 0.25) is 0 Å². The SMILES string of the molecule is COCCN1C[C@@H](NC(=O)Nc2cc3ccccc3nc2C(F)(F)F)[C@H](c2ccccc2)C1. The molecule has 174 valence electrons. The van der Waals surface area contributed by atoms with Gasteiger partial charge in [0.05, 0.1) is 23.9 Å². The summed E-state index contributed by atoms with van der Waals surface area (Å²) < 4.78 is 46.1. The van der Waals surface area contributed by atoms with Gasteiger partial charge in [-0.15, -0.1) is 0 Å². The van der Waals surface area contributed by atoms with Gasteiger partial charge in [-0.3, -0.25) is 4.90 Å². The maximum absolute atomic E-state index is 13.6. The standard InChI is InChI=1S/C24H25F3N4O2/c1-33-12-11-31-14-18(16-7-3-2-4-8-16)21(15-31)30-23(32)29-20-13-17-9-5-6-10-19(17)28-22(20)24(25,26)27/h2-10,13,18,21H,11-12,14-15H2,1H3,(H2,29,30,32)/t18-,21+/m0/s1. The van der Waals surface area contributed by atoms with Gasteiger partial charge in [-0.2, -0.15) is 13.2 Å². The molecule has 1 aromatic heterocycles. The van der Waals surface area contributed by atoms with E-state index in [1.807, 2.05) is 30.3 Å². The topological polar surface area (TPSA) is 66.5 Å². The van der Waals surface area contributed by atoms with E-state index in [-0.39, 0.29) is 23.2 Å². The first-order valence-electron chi connectivity index (χ1n) is 10.7. The van der Waals surface area contributed by atoms with Crippen molar-refractivity contribution in [3.8, 4) is 0 Å². The predicted molar refractivity (Wildman–Crippen MR) is 120 cm³/mol. The normalized spacial score (nSPS) is 19.0. The van der Waals surface area contributed by atoms with Crippen LogP contribution in [-0.2, 0) is 10.9 Å². The zero-order chi connectivity index (χ0) is 23.4. The molecule has 2 heterocycles. The highest BCUT2D eigenvalue weighted by Gasteiger charge is 2.38. The molecule has 2 amide bonds. The summed E-state index contributed by atoms with van der Waals surface area (Å²) in [6.07, 6.45) is -4.70. The number of nitrogens with zero attached hydrogens (tertiary/aromatic N) is 2. The van der Waals surface area contributed by atoms with E-state index in [0.717, 1.165) is 5.56 Å². The summed E-state index contributed by atoms with van der Waals surface area (Å²) in [5, 5.41) is 5.78. The number of nitrogens with one attached hydrogen (secondary N) is 2. The molecule has 4 rings (SSSR count).